The van der Waals surface area contributed by atoms with Gasteiger partial charge in [-0.3, -0.25) is 0 Å². The van der Waals surface area contributed by atoms with Crippen molar-refractivity contribution in [3.05, 3.63) is 29.8 Å². The van der Waals surface area contributed by atoms with Gasteiger partial charge in [-0.25, -0.2) is 8.42 Å². The molecule has 0 bridgehead atoms. The molecule has 19 heavy (non-hydrogen) atoms. The molecule has 1 saturated heterocycles. The molecule has 2 N–H and O–H groups in total. The summed E-state index contributed by atoms with van der Waals surface area (Å²) in [6.45, 7) is 0. The van der Waals surface area contributed by atoms with Crippen LogP contribution in [0.4, 0.5) is 0 Å². The molecule has 0 spiro atoms. The molecule has 0 radical (unpaired) electrons. The molecule has 1 aliphatic rings. The minimum atomic E-state index is -3.01. The third-order valence-electron chi connectivity index (χ3n) is 3.74. The predicted molar refractivity (Wildman–Crippen MR) is 76.1 cm³/mol. The molecular formula is C14H21NO3S. The summed E-state index contributed by atoms with van der Waals surface area (Å²) in [5.41, 5.74) is 7.17. The lowest BCUT2D eigenvalue weighted by molar-refractivity contribution is 0.414. The average molecular weight is 283 g/mol. The number of methoxy groups -OCH3 is 1. The fourth-order valence-corrected chi connectivity index (χ4v) is 4.69. The van der Waals surface area contributed by atoms with Crippen LogP contribution in [0.25, 0.3) is 0 Å². The van der Waals surface area contributed by atoms with Gasteiger partial charge in [0.2, 0.25) is 0 Å². The Morgan fingerprint density at radius 1 is 1.32 bits per heavy atom. The highest BCUT2D eigenvalue weighted by Gasteiger charge is 2.33. The second-order valence-electron chi connectivity index (χ2n) is 5.12. The first kappa shape index (κ1) is 14.3. The van der Waals surface area contributed by atoms with E-state index in [2.05, 4.69) is 0 Å². The molecule has 2 atom stereocenters. The van der Waals surface area contributed by atoms with Crippen LogP contribution in [0.5, 0.6) is 5.75 Å². The zero-order chi connectivity index (χ0) is 13.9. The summed E-state index contributed by atoms with van der Waals surface area (Å²) in [7, 11) is -1.39. The summed E-state index contributed by atoms with van der Waals surface area (Å²) in [6.07, 6.45) is 3.02. The van der Waals surface area contributed by atoms with Crippen molar-refractivity contribution in [1.29, 1.82) is 0 Å². The highest BCUT2D eigenvalue weighted by atomic mass is 32.2. The minimum absolute atomic E-state index is 0.286. The largest absolute Gasteiger partial charge is 0.497 e. The van der Waals surface area contributed by atoms with Crippen LogP contribution >= 0.6 is 0 Å². The molecule has 1 heterocycles. The fourth-order valence-electron chi connectivity index (χ4n) is 2.63. The van der Waals surface area contributed by atoms with E-state index < -0.39 is 9.84 Å². The van der Waals surface area contributed by atoms with Crippen LogP contribution in [-0.4, -0.2) is 32.6 Å². The first-order valence-electron chi connectivity index (χ1n) is 6.63. The van der Waals surface area contributed by atoms with E-state index in [4.69, 9.17) is 10.5 Å². The fraction of sp³-hybridized carbons (Fsp3) is 0.571. The highest BCUT2D eigenvalue weighted by Crippen LogP contribution is 2.23. The van der Waals surface area contributed by atoms with Gasteiger partial charge in [0.1, 0.15) is 5.75 Å². The molecule has 1 aliphatic heterocycles. The quantitative estimate of drug-likeness (QED) is 0.910. The number of ether oxygens (including phenoxy) is 1. The molecule has 5 heteroatoms. The van der Waals surface area contributed by atoms with Crippen LogP contribution in [0.15, 0.2) is 24.3 Å². The van der Waals surface area contributed by atoms with Crippen molar-refractivity contribution < 1.29 is 13.2 Å². The van der Waals surface area contributed by atoms with Gasteiger partial charge in [-0.1, -0.05) is 18.6 Å². The number of nitrogens with two attached hydrogens (primary N) is 1. The van der Waals surface area contributed by atoms with E-state index in [0.717, 1.165) is 24.2 Å². The summed E-state index contributed by atoms with van der Waals surface area (Å²) >= 11 is 0. The van der Waals surface area contributed by atoms with Gasteiger partial charge in [-0.2, -0.15) is 0 Å². The van der Waals surface area contributed by atoms with Crippen LogP contribution in [0, 0.1) is 0 Å². The van der Waals surface area contributed by atoms with Crippen molar-refractivity contribution in [3.63, 3.8) is 0 Å². The van der Waals surface area contributed by atoms with Crippen molar-refractivity contribution in [2.24, 2.45) is 5.73 Å². The first-order valence-corrected chi connectivity index (χ1v) is 8.34. The predicted octanol–water partition coefficient (Wildman–Crippen LogP) is 1.53. The molecule has 0 amide bonds. The second-order valence-corrected chi connectivity index (χ2v) is 7.46. The van der Waals surface area contributed by atoms with E-state index in [9.17, 15) is 8.42 Å². The first-order chi connectivity index (χ1) is 9.03. The van der Waals surface area contributed by atoms with E-state index in [1.165, 1.54) is 0 Å². The lowest BCUT2D eigenvalue weighted by Gasteiger charge is -2.27. The minimum Gasteiger partial charge on any atom is -0.497 e. The Morgan fingerprint density at radius 2 is 2.00 bits per heavy atom. The smallest absolute Gasteiger partial charge is 0.154 e. The number of rotatable bonds is 4. The van der Waals surface area contributed by atoms with E-state index in [-0.39, 0.29) is 17.0 Å². The molecule has 106 valence electrons. The van der Waals surface area contributed by atoms with E-state index in [1.807, 2.05) is 24.3 Å². The Morgan fingerprint density at radius 3 is 2.58 bits per heavy atom. The van der Waals surface area contributed by atoms with E-state index in [1.54, 1.807) is 7.11 Å². The molecule has 0 aliphatic carbocycles. The number of hydrogen-bond donors (Lipinski definition) is 1. The summed E-state index contributed by atoms with van der Waals surface area (Å²) in [6, 6.07) is 7.30. The molecular weight excluding hydrogens is 262 g/mol. The van der Waals surface area contributed by atoms with E-state index >= 15 is 0 Å². The molecule has 2 unspecified atom stereocenters. The van der Waals surface area contributed by atoms with Gasteiger partial charge in [0.25, 0.3) is 0 Å². The van der Waals surface area contributed by atoms with Crippen LogP contribution in [0.2, 0.25) is 0 Å². The van der Waals surface area contributed by atoms with Crippen molar-refractivity contribution in [3.8, 4) is 5.75 Å². The molecule has 2 rings (SSSR count). The normalized spacial score (nSPS) is 23.8. The van der Waals surface area contributed by atoms with Gasteiger partial charge < -0.3 is 10.5 Å². The maximum atomic E-state index is 12.0. The number of sulfone groups is 1. The Balaban J connectivity index is 2.05. The number of benzene rings is 1. The molecule has 1 fully saturated rings. The van der Waals surface area contributed by atoms with Crippen molar-refractivity contribution in [2.75, 3.05) is 12.9 Å². The lowest BCUT2D eigenvalue weighted by Crippen LogP contribution is -2.44. The SMILES string of the molecule is COc1ccc(CC(N)C2CCCCS2(=O)=O)cc1. The van der Waals surface area contributed by atoms with Gasteiger partial charge in [0.15, 0.2) is 9.84 Å². The summed E-state index contributed by atoms with van der Waals surface area (Å²) in [5, 5.41) is -0.386. The zero-order valence-corrected chi connectivity index (χ0v) is 12.0. The highest BCUT2D eigenvalue weighted by molar-refractivity contribution is 7.92. The maximum absolute atomic E-state index is 12.0. The van der Waals surface area contributed by atoms with Crippen LogP contribution < -0.4 is 10.5 Å². The topological polar surface area (TPSA) is 69.4 Å². The Labute approximate surface area is 114 Å². The second kappa shape index (κ2) is 5.92. The average Bonchev–Trinajstić information content (AvgIpc) is 2.39. The van der Waals surface area contributed by atoms with Crippen molar-refractivity contribution in [2.45, 2.75) is 37.0 Å². The van der Waals surface area contributed by atoms with Crippen LogP contribution in [0.1, 0.15) is 24.8 Å². The maximum Gasteiger partial charge on any atom is 0.154 e. The van der Waals surface area contributed by atoms with Gasteiger partial charge in [0, 0.05) is 6.04 Å². The molecule has 0 saturated carbocycles. The Kier molecular flexibility index (Phi) is 4.47. The van der Waals surface area contributed by atoms with Crippen molar-refractivity contribution in [1.82, 2.24) is 0 Å². The van der Waals surface area contributed by atoms with Gasteiger partial charge in [-0.15, -0.1) is 0 Å². The Bertz CT molecular complexity index is 510. The number of hydrogen-bond acceptors (Lipinski definition) is 4. The van der Waals surface area contributed by atoms with Gasteiger partial charge in [-0.05, 0) is 37.0 Å². The van der Waals surface area contributed by atoms with Gasteiger partial charge in [0.05, 0.1) is 18.1 Å². The third-order valence-corrected chi connectivity index (χ3v) is 6.10. The summed E-state index contributed by atoms with van der Waals surface area (Å²) in [4.78, 5) is 0. The standard InChI is InChI=1S/C14H21NO3S/c1-18-12-7-5-11(6-8-12)10-13(15)14-4-2-3-9-19(14,16)17/h5-8,13-14H,2-4,9-10,15H2,1H3. The molecule has 4 nitrogen and oxygen atoms in total. The molecule has 1 aromatic rings. The van der Waals surface area contributed by atoms with E-state index in [0.29, 0.717) is 12.8 Å². The van der Waals surface area contributed by atoms with Crippen LogP contribution in [-0.2, 0) is 16.3 Å². The third kappa shape index (κ3) is 3.48. The monoisotopic (exact) mass is 283 g/mol. The summed E-state index contributed by atoms with van der Waals surface area (Å²) < 4.78 is 29.1. The van der Waals surface area contributed by atoms with Gasteiger partial charge >= 0.3 is 0 Å². The zero-order valence-electron chi connectivity index (χ0n) is 11.2. The molecule has 0 aromatic heterocycles. The Hall–Kier alpha value is -1.07. The summed E-state index contributed by atoms with van der Waals surface area (Å²) in [5.74, 6) is 1.08. The lowest BCUT2D eigenvalue weighted by atomic mass is 10.0. The van der Waals surface area contributed by atoms with Crippen LogP contribution in [0.3, 0.4) is 0 Å². The molecule has 1 aromatic carbocycles. The van der Waals surface area contributed by atoms with Crippen molar-refractivity contribution >= 4 is 9.84 Å².